The van der Waals surface area contributed by atoms with Crippen LogP contribution < -0.4 is 5.32 Å². The number of hydrogen-bond acceptors (Lipinski definition) is 4. The number of aryl methyl sites for hydroxylation is 1. The van der Waals surface area contributed by atoms with Crippen molar-refractivity contribution in [2.45, 2.75) is 32.9 Å². The predicted octanol–water partition coefficient (Wildman–Crippen LogP) is 4.26. The lowest BCUT2D eigenvalue weighted by molar-refractivity contribution is -0.147. The number of aliphatic carboxylic acids is 1. The SMILES string of the molecule is CCC(Nc1cc(CN2CC(C(=O)O)C2)c(F)cn1)c1ccc(Cl)c(C)c1. The Morgan fingerprint density at radius 3 is 2.81 bits per heavy atom. The van der Waals surface area contributed by atoms with Crippen molar-refractivity contribution < 1.29 is 14.3 Å². The van der Waals surface area contributed by atoms with Gasteiger partial charge in [0.1, 0.15) is 11.6 Å². The maximum absolute atomic E-state index is 14.1. The molecule has 1 aromatic carbocycles. The van der Waals surface area contributed by atoms with Crippen molar-refractivity contribution in [3.05, 3.63) is 58.0 Å². The number of anilines is 1. The summed E-state index contributed by atoms with van der Waals surface area (Å²) in [7, 11) is 0. The standard InChI is InChI=1S/C20H23ClFN3O2/c1-3-18(13-4-5-16(21)12(2)6-13)24-19-7-14(17(22)8-23-19)9-25-10-15(11-25)20(26)27/h4-8,15,18H,3,9-11H2,1-2H3,(H,23,24)(H,26,27). The van der Waals surface area contributed by atoms with Crippen LogP contribution in [-0.2, 0) is 11.3 Å². The Morgan fingerprint density at radius 1 is 1.44 bits per heavy atom. The van der Waals surface area contributed by atoms with E-state index in [2.05, 4.69) is 17.2 Å². The van der Waals surface area contributed by atoms with Gasteiger partial charge in [-0.2, -0.15) is 0 Å². The second-order valence-corrected chi connectivity index (χ2v) is 7.41. The van der Waals surface area contributed by atoms with Crippen LogP contribution in [0.25, 0.3) is 0 Å². The first kappa shape index (κ1) is 19.6. The number of likely N-dealkylation sites (tertiary alicyclic amines) is 1. The smallest absolute Gasteiger partial charge is 0.309 e. The van der Waals surface area contributed by atoms with Crippen molar-refractivity contribution in [3.8, 4) is 0 Å². The molecule has 0 aliphatic carbocycles. The van der Waals surface area contributed by atoms with Gasteiger partial charge >= 0.3 is 5.97 Å². The van der Waals surface area contributed by atoms with E-state index in [1.165, 1.54) is 6.20 Å². The molecular formula is C20H23ClFN3O2. The highest BCUT2D eigenvalue weighted by atomic mass is 35.5. The number of carboxylic acid groups (broad SMARTS) is 1. The van der Waals surface area contributed by atoms with E-state index in [4.69, 9.17) is 16.7 Å². The molecular weight excluding hydrogens is 369 g/mol. The zero-order chi connectivity index (χ0) is 19.6. The van der Waals surface area contributed by atoms with E-state index in [1.807, 2.05) is 30.0 Å². The summed E-state index contributed by atoms with van der Waals surface area (Å²) in [5.41, 5.74) is 2.62. The van der Waals surface area contributed by atoms with Gasteiger partial charge in [-0.15, -0.1) is 0 Å². The van der Waals surface area contributed by atoms with Gasteiger partial charge < -0.3 is 10.4 Å². The second-order valence-electron chi connectivity index (χ2n) is 7.00. The Bertz CT molecular complexity index is 840. The molecule has 0 spiro atoms. The number of carboxylic acids is 1. The molecule has 7 heteroatoms. The molecule has 1 unspecified atom stereocenters. The molecule has 0 saturated carbocycles. The Kier molecular flexibility index (Phi) is 5.97. The average molecular weight is 392 g/mol. The molecule has 1 aliphatic heterocycles. The molecule has 2 N–H and O–H groups in total. The fraction of sp³-hybridized carbons (Fsp3) is 0.400. The van der Waals surface area contributed by atoms with Crippen LogP contribution in [0, 0.1) is 18.7 Å². The summed E-state index contributed by atoms with van der Waals surface area (Å²) in [5.74, 6) is -0.936. The van der Waals surface area contributed by atoms with E-state index in [1.54, 1.807) is 6.07 Å². The number of rotatable bonds is 7. The van der Waals surface area contributed by atoms with Crippen LogP contribution in [-0.4, -0.2) is 34.0 Å². The van der Waals surface area contributed by atoms with E-state index < -0.39 is 5.97 Å². The first-order valence-electron chi connectivity index (χ1n) is 8.99. The Morgan fingerprint density at radius 2 is 2.19 bits per heavy atom. The number of halogens is 2. The fourth-order valence-electron chi connectivity index (χ4n) is 3.26. The lowest BCUT2D eigenvalue weighted by Crippen LogP contribution is -2.49. The number of benzene rings is 1. The molecule has 2 heterocycles. The van der Waals surface area contributed by atoms with Crippen molar-refractivity contribution >= 4 is 23.4 Å². The highest BCUT2D eigenvalue weighted by Gasteiger charge is 2.32. The number of hydrogen-bond donors (Lipinski definition) is 2. The number of carbonyl (C=O) groups is 1. The largest absolute Gasteiger partial charge is 0.481 e. The Hall–Kier alpha value is -2.18. The Labute approximate surface area is 163 Å². The van der Waals surface area contributed by atoms with Crippen LogP contribution >= 0.6 is 11.6 Å². The molecule has 1 saturated heterocycles. The summed E-state index contributed by atoms with van der Waals surface area (Å²) in [6.45, 7) is 5.30. The molecule has 5 nitrogen and oxygen atoms in total. The molecule has 3 rings (SSSR count). The van der Waals surface area contributed by atoms with E-state index in [0.29, 0.717) is 31.0 Å². The number of aromatic nitrogens is 1. The molecule has 2 aromatic rings. The van der Waals surface area contributed by atoms with Gasteiger partial charge in [-0.25, -0.2) is 9.37 Å². The number of nitrogens with zero attached hydrogens (tertiary/aromatic N) is 2. The fourth-order valence-corrected chi connectivity index (χ4v) is 3.38. The summed E-state index contributed by atoms with van der Waals surface area (Å²) < 4.78 is 14.1. The van der Waals surface area contributed by atoms with Crippen LogP contribution in [0.4, 0.5) is 10.2 Å². The van der Waals surface area contributed by atoms with Gasteiger partial charge in [-0.05, 0) is 36.6 Å². The Balaban J connectivity index is 1.71. The van der Waals surface area contributed by atoms with E-state index in [9.17, 15) is 9.18 Å². The number of pyridine rings is 1. The van der Waals surface area contributed by atoms with Gasteiger partial charge in [-0.3, -0.25) is 9.69 Å². The van der Waals surface area contributed by atoms with Crippen LogP contribution in [0.2, 0.25) is 5.02 Å². The van der Waals surface area contributed by atoms with Crippen LogP contribution in [0.15, 0.2) is 30.5 Å². The van der Waals surface area contributed by atoms with Gasteiger partial charge in [0.15, 0.2) is 0 Å². The van der Waals surface area contributed by atoms with Gasteiger partial charge in [-0.1, -0.05) is 30.7 Å². The molecule has 27 heavy (non-hydrogen) atoms. The average Bonchev–Trinajstić information content (AvgIpc) is 2.60. The monoisotopic (exact) mass is 391 g/mol. The normalized spacial score (nSPS) is 16.0. The lowest BCUT2D eigenvalue weighted by atomic mass is 9.99. The van der Waals surface area contributed by atoms with Gasteiger partial charge in [0.25, 0.3) is 0 Å². The maximum atomic E-state index is 14.1. The summed E-state index contributed by atoms with van der Waals surface area (Å²) in [5, 5.41) is 13.0. The molecule has 1 aromatic heterocycles. The van der Waals surface area contributed by atoms with Gasteiger partial charge in [0.05, 0.1) is 18.2 Å². The summed E-state index contributed by atoms with van der Waals surface area (Å²) in [4.78, 5) is 17.0. The highest BCUT2D eigenvalue weighted by Crippen LogP contribution is 2.27. The molecule has 1 atom stereocenters. The third-order valence-corrected chi connectivity index (χ3v) is 5.37. The molecule has 0 radical (unpaired) electrons. The van der Waals surface area contributed by atoms with Crippen LogP contribution in [0.5, 0.6) is 0 Å². The molecule has 1 aliphatic rings. The van der Waals surface area contributed by atoms with Crippen molar-refractivity contribution in [1.29, 1.82) is 0 Å². The third-order valence-electron chi connectivity index (χ3n) is 4.95. The minimum Gasteiger partial charge on any atom is -0.481 e. The van der Waals surface area contributed by atoms with Crippen molar-refractivity contribution in [2.24, 2.45) is 5.92 Å². The third kappa shape index (κ3) is 4.57. The summed E-state index contributed by atoms with van der Waals surface area (Å²) in [6, 6.07) is 7.64. The van der Waals surface area contributed by atoms with Crippen molar-refractivity contribution in [3.63, 3.8) is 0 Å². The van der Waals surface area contributed by atoms with Gasteiger partial charge in [0, 0.05) is 30.2 Å². The zero-order valence-electron chi connectivity index (χ0n) is 15.4. The quantitative estimate of drug-likeness (QED) is 0.738. The predicted molar refractivity (Wildman–Crippen MR) is 103 cm³/mol. The highest BCUT2D eigenvalue weighted by molar-refractivity contribution is 6.31. The van der Waals surface area contributed by atoms with Gasteiger partial charge in [0.2, 0.25) is 0 Å². The summed E-state index contributed by atoms with van der Waals surface area (Å²) in [6.07, 6.45) is 2.05. The molecule has 0 bridgehead atoms. The zero-order valence-corrected chi connectivity index (χ0v) is 16.1. The first-order chi connectivity index (χ1) is 12.9. The minimum absolute atomic E-state index is 0.0344. The first-order valence-corrected chi connectivity index (χ1v) is 9.37. The maximum Gasteiger partial charge on any atom is 0.309 e. The topological polar surface area (TPSA) is 65.5 Å². The minimum atomic E-state index is -0.798. The van der Waals surface area contributed by atoms with E-state index in [0.717, 1.165) is 22.6 Å². The van der Waals surface area contributed by atoms with E-state index in [-0.39, 0.29) is 17.8 Å². The van der Waals surface area contributed by atoms with Crippen LogP contribution in [0.1, 0.15) is 36.1 Å². The summed E-state index contributed by atoms with van der Waals surface area (Å²) >= 11 is 6.11. The molecule has 1 fully saturated rings. The van der Waals surface area contributed by atoms with E-state index >= 15 is 0 Å². The molecule has 144 valence electrons. The lowest BCUT2D eigenvalue weighted by Gasteiger charge is -2.36. The second kappa shape index (κ2) is 8.23. The van der Waals surface area contributed by atoms with Crippen LogP contribution in [0.3, 0.4) is 0 Å². The van der Waals surface area contributed by atoms with Crippen molar-refractivity contribution in [2.75, 3.05) is 18.4 Å². The number of nitrogens with one attached hydrogen (secondary N) is 1. The molecule has 0 amide bonds. The van der Waals surface area contributed by atoms with Crippen molar-refractivity contribution in [1.82, 2.24) is 9.88 Å².